The van der Waals surface area contributed by atoms with Crippen LogP contribution in [0.4, 0.5) is 10.5 Å². The van der Waals surface area contributed by atoms with Crippen LogP contribution in [0.25, 0.3) is 0 Å². The van der Waals surface area contributed by atoms with Crippen LogP contribution >= 0.6 is 0 Å². The third kappa shape index (κ3) is 3.25. The SMILES string of the molecule is O=C(Nc1ccncc1)[C@@H]1CC[C@@H]2CN1C(=O)N2OCc1ccccc1. The summed E-state index contributed by atoms with van der Waals surface area (Å²) in [5.41, 5.74) is 1.68. The summed E-state index contributed by atoms with van der Waals surface area (Å²) in [6.45, 7) is 0.854. The molecule has 2 bridgehead atoms. The smallest absolute Gasteiger partial charge is 0.324 e. The maximum atomic E-state index is 12.7. The van der Waals surface area contributed by atoms with E-state index in [0.717, 1.165) is 12.0 Å². The number of nitrogens with zero attached hydrogens (tertiary/aromatic N) is 3. The maximum absolute atomic E-state index is 12.7. The summed E-state index contributed by atoms with van der Waals surface area (Å²) in [4.78, 5) is 36.6. The van der Waals surface area contributed by atoms with E-state index in [-0.39, 0.29) is 18.0 Å². The Morgan fingerprint density at radius 3 is 2.69 bits per heavy atom. The Bertz CT molecular complexity index is 784. The number of carbonyl (C=O) groups excluding carboxylic acids is 2. The highest BCUT2D eigenvalue weighted by atomic mass is 16.7. The zero-order chi connectivity index (χ0) is 17.9. The number of hydrogen-bond acceptors (Lipinski definition) is 4. The molecule has 3 amide bonds. The van der Waals surface area contributed by atoms with Gasteiger partial charge in [-0.05, 0) is 30.5 Å². The largest absolute Gasteiger partial charge is 0.345 e. The summed E-state index contributed by atoms with van der Waals surface area (Å²) in [7, 11) is 0. The van der Waals surface area contributed by atoms with Gasteiger partial charge in [0.15, 0.2) is 0 Å². The lowest BCUT2D eigenvalue weighted by Crippen LogP contribution is -2.47. The third-order valence-corrected chi connectivity index (χ3v) is 4.79. The van der Waals surface area contributed by atoms with Crippen molar-refractivity contribution < 1.29 is 14.4 Å². The molecule has 7 nitrogen and oxygen atoms in total. The third-order valence-electron chi connectivity index (χ3n) is 4.79. The molecule has 0 aliphatic carbocycles. The molecule has 2 aliphatic heterocycles. The van der Waals surface area contributed by atoms with Crippen LogP contribution in [0.1, 0.15) is 18.4 Å². The average molecular weight is 352 g/mol. The van der Waals surface area contributed by atoms with Gasteiger partial charge in [-0.2, -0.15) is 5.06 Å². The average Bonchev–Trinajstić information content (AvgIpc) is 2.92. The zero-order valence-corrected chi connectivity index (χ0v) is 14.2. The van der Waals surface area contributed by atoms with E-state index < -0.39 is 6.04 Å². The maximum Gasteiger partial charge on any atom is 0.345 e. The normalized spacial score (nSPS) is 21.8. The van der Waals surface area contributed by atoms with Gasteiger partial charge in [0.25, 0.3) is 0 Å². The predicted molar refractivity (Wildman–Crippen MR) is 94.8 cm³/mol. The van der Waals surface area contributed by atoms with Gasteiger partial charge in [-0.1, -0.05) is 30.3 Å². The van der Waals surface area contributed by atoms with Gasteiger partial charge < -0.3 is 10.2 Å². The van der Waals surface area contributed by atoms with E-state index in [1.165, 1.54) is 5.06 Å². The first-order valence-electron chi connectivity index (χ1n) is 8.70. The first kappa shape index (κ1) is 16.5. The number of carbonyl (C=O) groups is 2. The van der Waals surface area contributed by atoms with Gasteiger partial charge in [0.1, 0.15) is 12.6 Å². The molecule has 26 heavy (non-hydrogen) atoms. The van der Waals surface area contributed by atoms with Gasteiger partial charge in [-0.3, -0.25) is 14.6 Å². The van der Waals surface area contributed by atoms with Crippen molar-refractivity contribution in [1.29, 1.82) is 0 Å². The fraction of sp³-hybridized carbons (Fsp3) is 0.316. The zero-order valence-electron chi connectivity index (χ0n) is 14.2. The molecular formula is C19H20N4O3. The molecule has 0 radical (unpaired) electrons. The highest BCUT2D eigenvalue weighted by molar-refractivity contribution is 5.97. The van der Waals surface area contributed by atoms with Crippen molar-refractivity contribution in [3.8, 4) is 0 Å². The van der Waals surface area contributed by atoms with E-state index in [2.05, 4.69) is 10.3 Å². The first-order chi connectivity index (χ1) is 12.7. The summed E-state index contributed by atoms with van der Waals surface area (Å²) in [5.74, 6) is -0.173. The van der Waals surface area contributed by atoms with E-state index in [9.17, 15) is 9.59 Å². The highest BCUT2D eigenvalue weighted by Crippen LogP contribution is 2.31. The summed E-state index contributed by atoms with van der Waals surface area (Å²) < 4.78 is 0. The van der Waals surface area contributed by atoms with Gasteiger partial charge in [-0.15, -0.1) is 0 Å². The van der Waals surface area contributed by atoms with Gasteiger partial charge in [0.2, 0.25) is 5.91 Å². The molecule has 0 unspecified atom stereocenters. The molecule has 2 fully saturated rings. The Kier molecular flexibility index (Phi) is 4.53. The minimum Gasteiger partial charge on any atom is -0.324 e. The van der Waals surface area contributed by atoms with E-state index in [0.29, 0.717) is 25.3 Å². The molecule has 1 N–H and O–H groups in total. The van der Waals surface area contributed by atoms with Crippen LogP contribution in [0.2, 0.25) is 0 Å². The molecule has 0 saturated carbocycles. The number of fused-ring (bicyclic) bond motifs is 2. The minimum atomic E-state index is -0.475. The molecule has 1 aromatic carbocycles. The number of anilines is 1. The second-order valence-electron chi connectivity index (χ2n) is 6.49. The van der Waals surface area contributed by atoms with Crippen LogP contribution in [-0.2, 0) is 16.2 Å². The van der Waals surface area contributed by atoms with E-state index >= 15 is 0 Å². The standard InChI is InChI=1S/C19H20N4O3/c24-18(21-15-8-10-20-11-9-15)17-7-6-16-12-22(17)19(25)23(16)26-13-14-4-2-1-3-5-14/h1-5,8-11,16-17H,6-7,12-13H2,(H,20,21,24)/t16-,17+/m1/s1. The van der Waals surface area contributed by atoms with Crippen LogP contribution in [0.15, 0.2) is 54.9 Å². The quantitative estimate of drug-likeness (QED) is 0.897. The van der Waals surface area contributed by atoms with Crippen LogP contribution < -0.4 is 5.32 Å². The van der Waals surface area contributed by atoms with Crippen molar-refractivity contribution in [1.82, 2.24) is 14.9 Å². The molecular weight excluding hydrogens is 332 g/mol. The molecule has 2 aliphatic rings. The van der Waals surface area contributed by atoms with Gasteiger partial charge in [0.05, 0.1) is 6.04 Å². The predicted octanol–water partition coefficient (Wildman–Crippen LogP) is 2.42. The van der Waals surface area contributed by atoms with Gasteiger partial charge >= 0.3 is 6.03 Å². The molecule has 0 spiro atoms. The molecule has 4 rings (SSSR count). The fourth-order valence-corrected chi connectivity index (χ4v) is 3.45. The Morgan fingerprint density at radius 2 is 1.92 bits per heavy atom. The first-order valence-corrected chi connectivity index (χ1v) is 8.70. The topological polar surface area (TPSA) is 74.8 Å². The number of hydrogen-bond donors (Lipinski definition) is 1. The van der Waals surface area contributed by atoms with Crippen LogP contribution in [-0.4, -0.2) is 45.5 Å². The number of hydroxylamine groups is 2. The summed E-state index contributed by atoms with van der Waals surface area (Å²) in [6.07, 6.45) is 4.60. The van der Waals surface area contributed by atoms with Crippen LogP contribution in [0.5, 0.6) is 0 Å². The van der Waals surface area contributed by atoms with E-state index in [1.807, 2.05) is 30.3 Å². The number of urea groups is 1. The minimum absolute atomic E-state index is 0.00353. The molecule has 7 heteroatoms. The number of nitrogens with one attached hydrogen (secondary N) is 1. The van der Waals surface area contributed by atoms with Crippen molar-refractivity contribution in [2.75, 3.05) is 11.9 Å². The molecule has 1 aromatic heterocycles. The lowest BCUT2D eigenvalue weighted by atomic mass is 10.0. The number of piperidine rings is 1. The van der Waals surface area contributed by atoms with Gasteiger partial charge in [-0.25, -0.2) is 4.79 Å². The monoisotopic (exact) mass is 352 g/mol. The van der Waals surface area contributed by atoms with Crippen molar-refractivity contribution in [3.63, 3.8) is 0 Å². The summed E-state index contributed by atoms with van der Waals surface area (Å²) in [5, 5.41) is 4.29. The number of rotatable bonds is 5. The van der Waals surface area contributed by atoms with Crippen molar-refractivity contribution >= 4 is 17.6 Å². The molecule has 3 heterocycles. The number of benzene rings is 1. The number of aromatic nitrogens is 1. The molecule has 2 saturated heterocycles. The molecule has 2 aromatic rings. The van der Waals surface area contributed by atoms with Crippen molar-refractivity contribution in [2.45, 2.75) is 31.5 Å². The van der Waals surface area contributed by atoms with Crippen LogP contribution in [0.3, 0.4) is 0 Å². The van der Waals surface area contributed by atoms with E-state index in [4.69, 9.17) is 4.84 Å². The number of pyridine rings is 1. The summed E-state index contributed by atoms with van der Waals surface area (Å²) in [6, 6.07) is 12.5. The van der Waals surface area contributed by atoms with Gasteiger partial charge in [0, 0.05) is 24.6 Å². The Hall–Kier alpha value is -2.93. The van der Waals surface area contributed by atoms with E-state index in [1.54, 1.807) is 29.4 Å². The number of amides is 3. The van der Waals surface area contributed by atoms with Crippen LogP contribution in [0, 0.1) is 0 Å². The Labute approximate surface area is 151 Å². The Morgan fingerprint density at radius 1 is 1.15 bits per heavy atom. The lowest BCUT2D eigenvalue weighted by molar-refractivity contribution is -0.140. The second kappa shape index (κ2) is 7.13. The molecule has 134 valence electrons. The van der Waals surface area contributed by atoms with Crippen molar-refractivity contribution in [3.05, 3.63) is 60.4 Å². The lowest BCUT2D eigenvalue weighted by Gasteiger charge is -2.29. The second-order valence-corrected chi connectivity index (χ2v) is 6.49. The summed E-state index contributed by atoms with van der Waals surface area (Å²) >= 11 is 0. The van der Waals surface area contributed by atoms with Crippen molar-refractivity contribution in [2.24, 2.45) is 0 Å². The Balaban J connectivity index is 1.40. The molecule has 2 atom stereocenters. The highest BCUT2D eigenvalue weighted by Gasteiger charge is 2.47. The fourth-order valence-electron chi connectivity index (χ4n) is 3.45.